The number of hydrogen-bond donors (Lipinski definition) is 2. The lowest BCUT2D eigenvalue weighted by molar-refractivity contribution is -0.122. The summed E-state index contributed by atoms with van der Waals surface area (Å²) in [6.07, 6.45) is 0.445. The minimum atomic E-state index is -1.07. The summed E-state index contributed by atoms with van der Waals surface area (Å²) in [6.45, 7) is 1.86. The molecule has 0 spiro atoms. The van der Waals surface area contributed by atoms with Gasteiger partial charge in [0, 0.05) is 10.2 Å². The van der Waals surface area contributed by atoms with Crippen LogP contribution in [0.25, 0.3) is 0 Å². The van der Waals surface area contributed by atoms with E-state index in [0.717, 1.165) is 10.2 Å². The predicted octanol–water partition coefficient (Wildman–Crippen LogP) is 3.79. The van der Waals surface area contributed by atoms with Gasteiger partial charge in [0.05, 0.1) is 0 Å². The van der Waals surface area contributed by atoms with E-state index in [1.807, 2.05) is 31.2 Å². The summed E-state index contributed by atoms with van der Waals surface area (Å²) in [5, 5.41) is 3.19. The standard InChI is InChI=1S/C16H16BrFN2O/c1-2-16(15(19)21,11-6-8-13(18)9-7-11)20-14-5-3-4-12(17)10-14/h3-10,20H,2H2,1H3,(H2,19,21). The van der Waals surface area contributed by atoms with E-state index in [1.165, 1.54) is 12.1 Å². The maximum atomic E-state index is 13.1. The van der Waals surface area contributed by atoms with Crippen LogP contribution in [0.3, 0.4) is 0 Å². The van der Waals surface area contributed by atoms with E-state index in [1.54, 1.807) is 12.1 Å². The van der Waals surface area contributed by atoms with Gasteiger partial charge < -0.3 is 11.1 Å². The molecule has 0 aliphatic heterocycles. The van der Waals surface area contributed by atoms with Crippen LogP contribution in [0.2, 0.25) is 0 Å². The third-order valence-corrected chi connectivity index (χ3v) is 3.96. The van der Waals surface area contributed by atoms with Gasteiger partial charge in [-0.3, -0.25) is 4.79 Å². The number of benzene rings is 2. The van der Waals surface area contributed by atoms with Crippen molar-refractivity contribution in [3.05, 3.63) is 64.4 Å². The zero-order valence-electron chi connectivity index (χ0n) is 11.6. The lowest BCUT2D eigenvalue weighted by Crippen LogP contribution is -2.47. The van der Waals surface area contributed by atoms with Gasteiger partial charge in [0.25, 0.3) is 0 Å². The number of nitrogens with two attached hydrogens (primary N) is 1. The predicted molar refractivity (Wildman–Crippen MR) is 85.3 cm³/mol. The first kappa shape index (κ1) is 15.5. The first-order valence-corrected chi connectivity index (χ1v) is 7.37. The van der Waals surface area contributed by atoms with Crippen LogP contribution >= 0.6 is 15.9 Å². The average molecular weight is 351 g/mol. The number of anilines is 1. The molecule has 5 heteroatoms. The summed E-state index contributed by atoms with van der Waals surface area (Å²) in [6, 6.07) is 13.3. The first-order chi connectivity index (χ1) is 9.98. The molecule has 0 aromatic heterocycles. The van der Waals surface area contributed by atoms with Crippen molar-refractivity contribution in [3.8, 4) is 0 Å². The zero-order valence-corrected chi connectivity index (χ0v) is 13.2. The molecule has 3 nitrogen and oxygen atoms in total. The van der Waals surface area contributed by atoms with Crippen LogP contribution in [-0.2, 0) is 10.3 Å². The SMILES string of the molecule is CCC(Nc1cccc(Br)c1)(C(N)=O)c1ccc(F)cc1. The van der Waals surface area contributed by atoms with Gasteiger partial charge in [0.15, 0.2) is 0 Å². The van der Waals surface area contributed by atoms with Gasteiger partial charge in [0.2, 0.25) is 5.91 Å². The molecule has 0 fully saturated rings. The van der Waals surface area contributed by atoms with Gasteiger partial charge in [-0.25, -0.2) is 4.39 Å². The molecule has 2 aromatic rings. The average Bonchev–Trinajstić information content (AvgIpc) is 2.45. The third-order valence-electron chi connectivity index (χ3n) is 3.47. The summed E-state index contributed by atoms with van der Waals surface area (Å²) in [7, 11) is 0. The third kappa shape index (κ3) is 3.24. The molecular weight excluding hydrogens is 335 g/mol. The molecule has 0 saturated heterocycles. The molecule has 0 bridgehead atoms. The van der Waals surface area contributed by atoms with E-state index in [0.29, 0.717) is 12.0 Å². The van der Waals surface area contributed by atoms with Crippen molar-refractivity contribution in [2.45, 2.75) is 18.9 Å². The Morgan fingerprint density at radius 2 is 1.95 bits per heavy atom. The van der Waals surface area contributed by atoms with E-state index in [2.05, 4.69) is 21.2 Å². The summed E-state index contributed by atoms with van der Waals surface area (Å²) in [5.41, 5.74) is 5.95. The fourth-order valence-corrected chi connectivity index (χ4v) is 2.69. The summed E-state index contributed by atoms with van der Waals surface area (Å²) in [4.78, 5) is 12.1. The zero-order chi connectivity index (χ0) is 15.5. The molecule has 2 rings (SSSR count). The minimum absolute atomic E-state index is 0.351. The second kappa shape index (κ2) is 6.26. The molecule has 1 unspecified atom stereocenters. The smallest absolute Gasteiger partial charge is 0.247 e. The van der Waals surface area contributed by atoms with Gasteiger partial charge in [-0.15, -0.1) is 0 Å². The topological polar surface area (TPSA) is 55.1 Å². The highest BCUT2D eigenvalue weighted by Crippen LogP contribution is 2.31. The Morgan fingerprint density at radius 3 is 2.48 bits per heavy atom. The summed E-state index contributed by atoms with van der Waals surface area (Å²) >= 11 is 3.39. The number of nitrogens with one attached hydrogen (secondary N) is 1. The summed E-state index contributed by atoms with van der Waals surface area (Å²) in [5.74, 6) is -0.854. The lowest BCUT2D eigenvalue weighted by atomic mass is 9.86. The number of rotatable bonds is 5. The largest absolute Gasteiger partial charge is 0.368 e. The molecule has 2 aromatic carbocycles. The molecule has 110 valence electrons. The molecular formula is C16H16BrFN2O. The highest BCUT2D eigenvalue weighted by Gasteiger charge is 2.36. The minimum Gasteiger partial charge on any atom is -0.368 e. The number of carbonyl (C=O) groups excluding carboxylic acids is 1. The highest BCUT2D eigenvalue weighted by atomic mass is 79.9. The lowest BCUT2D eigenvalue weighted by Gasteiger charge is -2.32. The van der Waals surface area contributed by atoms with Crippen LogP contribution in [-0.4, -0.2) is 5.91 Å². The Labute approximate surface area is 131 Å². The molecule has 0 radical (unpaired) electrons. The maximum Gasteiger partial charge on any atom is 0.247 e. The van der Waals surface area contributed by atoms with Crippen molar-refractivity contribution >= 4 is 27.5 Å². The van der Waals surface area contributed by atoms with Crippen LogP contribution in [0.15, 0.2) is 53.0 Å². The normalized spacial score (nSPS) is 13.5. The van der Waals surface area contributed by atoms with E-state index >= 15 is 0 Å². The van der Waals surface area contributed by atoms with E-state index in [-0.39, 0.29) is 5.82 Å². The Hall–Kier alpha value is -1.88. The second-order valence-electron chi connectivity index (χ2n) is 4.77. The fourth-order valence-electron chi connectivity index (χ4n) is 2.29. The van der Waals surface area contributed by atoms with Crippen molar-refractivity contribution in [1.82, 2.24) is 0 Å². The van der Waals surface area contributed by atoms with Crippen molar-refractivity contribution < 1.29 is 9.18 Å². The van der Waals surface area contributed by atoms with Crippen molar-refractivity contribution in [2.24, 2.45) is 5.73 Å². The molecule has 0 aliphatic rings. The van der Waals surface area contributed by atoms with Crippen LogP contribution in [0, 0.1) is 5.82 Å². The second-order valence-corrected chi connectivity index (χ2v) is 5.68. The quantitative estimate of drug-likeness (QED) is 0.861. The molecule has 1 amide bonds. The molecule has 21 heavy (non-hydrogen) atoms. The Balaban J connectivity index is 2.46. The number of halogens is 2. The molecule has 0 saturated carbocycles. The molecule has 0 aliphatic carbocycles. The maximum absolute atomic E-state index is 13.1. The van der Waals surface area contributed by atoms with Gasteiger partial charge in [0.1, 0.15) is 11.4 Å². The van der Waals surface area contributed by atoms with Crippen molar-refractivity contribution in [1.29, 1.82) is 0 Å². The highest BCUT2D eigenvalue weighted by molar-refractivity contribution is 9.10. The Morgan fingerprint density at radius 1 is 1.29 bits per heavy atom. The van der Waals surface area contributed by atoms with Crippen LogP contribution in [0.5, 0.6) is 0 Å². The number of primary amides is 1. The summed E-state index contributed by atoms with van der Waals surface area (Å²) < 4.78 is 14.0. The van der Waals surface area contributed by atoms with E-state index in [9.17, 15) is 9.18 Å². The van der Waals surface area contributed by atoms with Crippen molar-refractivity contribution in [2.75, 3.05) is 5.32 Å². The van der Waals surface area contributed by atoms with E-state index in [4.69, 9.17) is 5.73 Å². The number of carbonyl (C=O) groups is 1. The molecule has 1 atom stereocenters. The fraction of sp³-hybridized carbons (Fsp3) is 0.188. The molecule has 0 heterocycles. The molecule has 3 N–H and O–H groups in total. The van der Waals surface area contributed by atoms with Gasteiger partial charge in [-0.1, -0.05) is 41.1 Å². The Kier molecular flexibility index (Phi) is 4.63. The Bertz CT molecular complexity index is 645. The number of hydrogen-bond acceptors (Lipinski definition) is 2. The van der Waals surface area contributed by atoms with Crippen LogP contribution < -0.4 is 11.1 Å². The van der Waals surface area contributed by atoms with Gasteiger partial charge in [-0.05, 0) is 42.3 Å². The first-order valence-electron chi connectivity index (χ1n) is 6.57. The monoisotopic (exact) mass is 350 g/mol. The van der Waals surface area contributed by atoms with Crippen LogP contribution in [0.4, 0.5) is 10.1 Å². The van der Waals surface area contributed by atoms with Gasteiger partial charge >= 0.3 is 0 Å². The van der Waals surface area contributed by atoms with E-state index < -0.39 is 11.4 Å². The van der Waals surface area contributed by atoms with Crippen molar-refractivity contribution in [3.63, 3.8) is 0 Å². The number of amides is 1. The van der Waals surface area contributed by atoms with Gasteiger partial charge in [-0.2, -0.15) is 0 Å². The van der Waals surface area contributed by atoms with Crippen LogP contribution in [0.1, 0.15) is 18.9 Å².